The van der Waals surface area contributed by atoms with Crippen molar-refractivity contribution in [2.45, 2.75) is 20.0 Å². The average Bonchev–Trinajstić information content (AvgIpc) is 2.19. The quantitative estimate of drug-likeness (QED) is 0.712. The van der Waals surface area contributed by atoms with Crippen LogP contribution >= 0.6 is 0 Å². The minimum atomic E-state index is 0.283. The van der Waals surface area contributed by atoms with Gasteiger partial charge in [0.15, 0.2) is 0 Å². The maximum absolute atomic E-state index is 5.49. The highest BCUT2D eigenvalue weighted by molar-refractivity contribution is 5.44. The third-order valence-corrected chi connectivity index (χ3v) is 2.18. The highest BCUT2D eigenvalue weighted by Crippen LogP contribution is 2.11. The minimum Gasteiger partial charge on any atom is -0.377 e. The Morgan fingerprint density at radius 3 is 2.50 bits per heavy atom. The van der Waals surface area contributed by atoms with Gasteiger partial charge >= 0.3 is 0 Å². The SMILES string of the molecule is CCOC(C)CN(C)c1ccccc1. The van der Waals surface area contributed by atoms with Crippen molar-refractivity contribution in [3.05, 3.63) is 30.3 Å². The van der Waals surface area contributed by atoms with E-state index < -0.39 is 0 Å². The van der Waals surface area contributed by atoms with Crippen LogP contribution in [-0.4, -0.2) is 26.3 Å². The summed E-state index contributed by atoms with van der Waals surface area (Å²) in [5.74, 6) is 0. The summed E-state index contributed by atoms with van der Waals surface area (Å²) >= 11 is 0. The molecular formula is C12H19NO. The summed E-state index contributed by atoms with van der Waals surface area (Å²) in [6.07, 6.45) is 0.283. The van der Waals surface area contributed by atoms with E-state index in [1.807, 2.05) is 13.0 Å². The maximum Gasteiger partial charge on any atom is 0.0721 e. The Hall–Kier alpha value is -1.02. The summed E-state index contributed by atoms with van der Waals surface area (Å²) < 4.78 is 5.49. The van der Waals surface area contributed by atoms with Crippen LogP contribution in [0.1, 0.15) is 13.8 Å². The Balaban J connectivity index is 2.46. The summed E-state index contributed by atoms with van der Waals surface area (Å²) in [5.41, 5.74) is 1.24. The third kappa shape index (κ3) is 3.38. The first-order valence-electron chi connectivity index (χ1n) is 5.11. The van der Waals surface area contributed by atoms with Crippen molar-refractivity contribution in [1.29, 1.82) is 0 Å². The van der Waals surface area contributed by atoms with Gasteiger partial charge in [-0.3, -0.25) is 0 Å². The second-order valence-electron chi connectivity index (χ2n) is 3.48. The summed E-state index contributed by atoms with van der Waals surface area (Å²) in [6, 6.07) is 10.4. The number of ether oxygens (including phenoxy) is 1. The molecule has 2 heteroatoms. The molecule has 0 aliphatic rings. The molecule has 0 N–H and O–H groups in total. The monoisotopic (exact) mass is 193 g/mol. The summed E-state index contributed by atoms with van der Waals surface area (Å²) in [7, 11) is 2.09. The molecule has 78 valence electrons. The lowest BCUT2D eigenvalue weighted by atomic mass is 10.3. The smallest absolute Gasteiger partial charge is 0.0721 e. The minimum absolute atomic E-state index is 0.283. The van der Waals surface area contributed by atoms with Gasteiger partial charge in [-0.1, -0.05) is 18.2 Å². The van der Waals surface area contributed by atoms with Crippen LogP contribution in [0.4, 0.5) is 5.69 Å². The molecule has 0 aromatic heterocycles. The maximum atomic E-state index is 5.49. The van der Waals surface area contributed by atoms with Gasteiger partial charge in [-0.05, 0) is 26.0 Å². The zero-order valence-corrected chi connectivity index (χ0v) is 9.23. The number of anilines is 1. The summed E-state index contributed by atoms with van der Waals surface area (Å²) in [6.45, 7) is 5.84. The van der Waals surface area contributed by atoms with Crippen molar-refractivity contribution in [2.75, 3.05) is 25.1 Å². The Morgan fingerprint density at radius 1 is 1.29 bits per heavy atom. The molecule has 1 aromatic rings. The number of hydrogen-bond acceptors (Lipinski definition) is 2. The highest BCUT2D eigenvalue weighted by Gasteiger charge is 2.05. The molecule has 1 aromatic carbocycles. The van der Waals surface area contributed by atoms with Gasteiger partial charge in [-0.15, -0.1) is 0 Å². The first-order chi connectivity index (χ1) is 6.74. The van der Waals surface area contributed by atoms with E-state index in [4.69, 9.17) is 4.74 Å². The van der Waals surface area contributed by atoms with Gasteiger partial charge in [-0.2, -0.15) is 0 Å². The van der Waals surface area contributed by atoms with E-state index in [9.17, 15) is 0 Å². The molecule has 0 aliphatic heterocycles. The summed E-state index contributed by atoms with van der Waals surface area (Å²) in [4.78, 5) is 2.21. The van der Waals surface area contributed by atoms with Crippen molar-refractivity contribution >= 4 is 5.69 Å². The summed E-state index contributed by atoms with van der Waals surface area (Å²) in [5, 5.41) is 0. The molecule has 0 aliphatic carbocycles. The van der Waals surface area contributed by atoms with Crippen molar-refractivity contribution in [3.8, 4) is 0 Å². The lowest BCUT2D eigenvalue weighted by molar-refractivity contribution is 0.0818. The molecule has 0 saturated carbocycles. The zero-order valence-electron chi connectivity index (χ0n) is 9.23. The molecule has 0 spiro atoms. The predicted molar refractivity (Wildman–Crippen MR) is 60.8 cm³/mol. The van der Waals surface area contributed by atoms with Gasteiger partial charge in [0.1, 0.15) is 0 Å². The lowest BCUT2D eigenvalue weighted by Crippen LogP contribution is -2.28. The molecular weight excluding hydrogens is 174 g/mol. The fraction of sp³-hybridized carbons (Fsp3) is 0.500. The van der Waals surface area contributed by atoms with Crippen LogP contribution in [0.2, 0.25) is 0 Å². The van der Waals surface area contributed by atoms with Gasteiger partial charge in [0.25, 0.3) is 0 Å². The number of para-hydroxylation sites is 1. The van der Waals surface area contributed by atoms with Crippen LogP contribution in [0.3, 0.4) is 0 Å². The topological polar surface area (TPSA) is 12.5 Å². The first kappa shape index (κ1) is 11.1. The fourth-order valence-corrected chi connectivity index (χ4v) is 1.51. The number of hydrogen-bond donors (Lipinski definition) is 0. The number of benzene rings is 1. The lowest BCUT2D eigenvalue weighted by Gasteiger charge is -2.23. The number of likely N-dealkylation sites (N-methyl/N-ethyl adjacent to an activating group) is 1. The van der Waals surface area contributed by atoms with E-state index >= 15 is 0 Å². The normalized spacial score (nSPS) is 12.5. The largest absolute Gasteiger partial charge is 0.377 e. The average molecular weight is 193 g/mol. The second-order valence-corrected chi connectivity index (χ2v) is 3.48. The molecule has 0 heterocycles. The number of rotatable bonds is 5. The Morgan fingerprint density at radius 2 is 1.93 bits per heavy atom. The second kappa shape index (κ2) is 5.66. The molecule has 1 atom stereocenters. The molecule has 1 rings (SSSR count). The molecule has 0 fully saturated rings. The van der Waals surface area contributed by atoms with Crippen LogP contribution in [0, 0.1) is 0 Å². The Bertz CT molecular complexity index is 248. The van der Waals surface area contributed by atoms with E-state index in [0.717, 1.165) is 13.2 Å². The van der Waals surface area contributed by atoms with Crippen molar-refractivity contribution in [3.63, 3.8) is 0 Å². The van der Waals surface area contributed by atoms with E-state index in [-0.39, 0.29) is 6.10 Å². The van der Waals surface area contributed by atoms with Crippen LogP contribution in [0.15, 0.2) is 30.3 Å². The first-order valence-corrected chi connectivity index (χ1v) is 5.11. The predicted octanol–water partition coefficient (Wildman–Crippen LogP) is 2.55. The van der Waals surface area contributed by atoms with E-state index in [1.54, 1.807) is 0 Å². The van der Waals surface area contributed by atoms with Crippen molar-refractivity contribution in [2.24, 2.45) is 0 Å². The molecule has 0 amide bonds. The molecule has 2 nitrogen and oxygen atoms in total. The van der Waals surface area contributed by atoms with Gasteiger partial charge in [0.05, 0.1) is 6.10 Å². The van der Waals surface area contributed by atoms with Gasteiger partial charge in [0.2, 0.25) is 0 Å². The van der Waals surface area contributed by atoms with Gasteiger partial charge < -0.3 is 9.64 Å². The standard InChI is InChI=1S/C12H19NO/c1-4-14-11(2)10-13(3)12-8-6-5-7-9-12/h5-9,11H,4,10H2,1-3H3. The van der Waals surface area contributed by atoms with Gasteiger partial charge in [-0.25, -0.2) is 0 Å². The zero-order chi connectivity index (χ0) is 10.4. The van der Waals surface area contributed by atoms with Crippen LogP contribution < -0.4 is 4.90 Å². The molecule has 14 heavy (non-hydrogen) atoms. The van der Waals surface area contributed by atoms with Crippen LogP contribution in [0.25, 0.3) is 0 Å². The Labute approximate surface area is 86.5 Å². The van der Waals surface area contributed by atoms with E-state index in [1.165, 1.54) is 5.69 Å². The van der Waals surface area contributed by atoms with Gasteiger partial charge in [0, 0.05) is 25.9 Å². The van der Waals surface area contributed by atoms with Crippen molar-refractivity contribution in [1.82, 2.24) is 0 Å². The fourth-order valence-electron chi connectivity index (χ4n) is 1.51. The number of nitrogens with zero attached hydrogens (tertiary/aromatic N) is 1. The van der Waals surface area contributed by atoms with Crippen LogP contribution in [0.5, 0.6) is 0 Å². The molecule has 0 saturated heterocycles. The third-order valence-electron chi connectivity index (χ3n) is 2.18. The van der Waals surface area contributed by atoms with Crippen LogP contribution in [-0.2, 0) is 4.74 Å². The Kier molecular flexibility index (Phi) is 4.47. The highest BCUT2D eigenvalue weighted by atomic mass is 16.5. The molecule has 1 unspecified atom stereocenters. The molecule has 0 radical (unpaired) electrons. The molecule has 0 bridgehead atoms. The van der Waals surface area contributed by atoms with E-state index in [0.29, 0.717) is 0 Å². The van der Waals surface area contributed by atoms with Crippen molar-refractivity contribution < 1.29 is 4.74 Å². The van der Waals surface area contributed by atoms with E-state index in [2.05, 4.69) is 43.1 Å².